The fourth-order valence-corrected chi connectivity index (χ4v) is 3.02. The molecule has 0 N–H and O–H groups in total. The zero-order valence-corrected chi connectivity index (χ0v) is 13.3. The molecule has 0 aromatic heterocycles. The lowest BCUT2D eigenvalue weighted by Gasteiger charge is -2.09. The molecule has 0 unspecified atom stereocenters. The molecule has 0 amide bonds. The van der Waals surface area contributed by atoms with Crippen LogP contribution >= 0.6 is 0 Å². The number of benzene rings is 2. The van der Waals surface area contributed by atoms with Gasteiger partial charge in [0.15, 0.2) is 5.78 Å². The van der Waals surface area contributed by atoms with Crippen LogP contribution in [0.4, 0.5) is 0 Å². The van der Waals surface area contributed by atoms with Crippen LogP contribution in [0.1, 0.15) is 39.5 Å². The van der Waals surface area contributed by atoms with Gasteiger partial charge < -0.3 is 0 Å². The number of carbonyl (C=O) groups is 1. The molecule has 0 fully saturated rings. The van der Waals surface area contributed by atoms with Crippen LogP contribution < -0.4 is 0 Å². The summed E-state index contributed by atoms with van der Waals surface area (Å²) < 4.78 is 0. The van der Waals surface area contributed by atoms with Gasteiger partial charge in [0.1, 0.15) is 0 Å². The van der Waals surface area contributed by atoms with Crippen LogP contribution in [0.2, 0.25) is 0 Å². The third-order valence-corrected chi connectivity index (χ3v) is 4.28. The first-order chi connectivity index (χ1) is 10.6. The average Bonchev–Trinajstić information content (AvgIpc) is 2.84. The first-order valence-corrected chi connectivity index (χ1v) is 7.67. The van der Waals surface area contributed by atoms with Crippen molar-refractivity contribution in [2.75, 3.05) is 0 Å². The Labute approximate surface area is 132 Å². The second kappa shape index (κ2) is 5.76. The second-order valence-corrected chi connectivity index (χ2v) is 5.90. The van der Waals surface area contributed by atoms with Gasteiger partial charge in [-0.25, -0.2) is 0 Å². The molecule has 0 bridgehead atoms. The number of allylic oxidation sites excluding steroid dienone is 4. The van der Waals surface area contributed by atoms with Crippen molar-refractivity contribution >= 4 is 11.4 Å². The molecule has 0 spiro atoms. The number of hydrogen-bond donors (Lipinski definition) is 0. The fourth-order valence-electron chi connectivity index (χ4n) is 3.02. The summed E-state index contributed by atoms with van der Waals surface area (Å²) in [6.07, 6.45) is 4.88. The Morgan fingerprint density at radius 2 is 1.86 bits per heavy atom. The van der Waals surface area contributed by atoms with Crippen LogP contribution in [0.15, 0.2) is 60.2 Å². The monoisotopic (exact) mass is 288 g/mol. The van der Waals surface area contributed by atoms with Crippen molar-refractivity contribution in [2.45, 2.75) is 27.2 Å². The Morgan fingerprint density at radius 1 is 1.09 bits per heavy atom. The van der Waals surface area contributed by atoms with Gasteiger partial charge in [-0.05, 0) is 49.1 Å². The van der Waals surface area contributed by atoms with Crippen molar-refractivity contribution in [1.29, 1.82) is 0 Å². The van der Waals surface area contributed by atoms with E-state index < -0.39 is 0 Å². The van der Waals surface area contributed by atoms with Crippen molar-refractivity contribution in [2.24, 2.45) is 0 Å². The Morgan fingerprint density at radius 3 is 2.59 bits per heavy atom. The molecule has 0 saturated carbocycles. The predicted octanol–water partition coefficient (Wildman–Crippen LogP) is 5.07. The lowest BCUT2D eigenvalue weighted by atomic mass is 9.95. The first kappa shape index (κ1) is 14.5. The van der Waals surface area contributed by atoms with E-state index in [0.717, 1.165) is 28.7 Å². The predicted molar refractivity (Wildman–Crippen MR) is 92.1 cm³/mol. The maximum atomic E-state index is 12.5. The van der Waals surface area contributed by atoms with Crippen molar-refractivity contribution in [3.8, 4) is 0 Å². The van der Waals surface area contributed by atoms with E-state index in [0.29, 0.717) is 0 Å². The zero-order chi connectivity index (χ0) is 15.7. The van der Waals surface area contributed by atoms with Crippen LogP contribution in [0, 0.1) is 13.8 Å². The molecular formula is C21H20O. The van der Waals surface area contributed by atoms with Gasteiger partial charge in [0.05, 0.1) is 0 Å². The quantitative estimate of drug-likeness (QED) is 0.705. The maximum Gasteiger partial charge on any atom is 0.189 e. The topological polar surface area (TPSA) is 17.1 Å². The summed E-state index contributed by atoms with van der Waals surface area (Å²) in [6, 6.07) is 14.3. The summed E-state index contributed by atoms with van der Waals surface area (Å²) in [7, 11) is 0. The van der Waals surface area contributed by atoms with E-state index in [2.05, 4.69) is 44.2 Å². The minimum absolute atomic E-state index is 0.167. The molecule has 22 heavy (non-hydrogen) atoms. The molecule has 1 nitrogen and oxygen atoms in total. The molecule has 0 aliphatic heterocycles. The molecule has 1 aliphatic carbocycles. The minimum atomic E-state index is 0.167. The Kier molecular flexibility index (Phi) is 3.81. The number of carbonyl (C=O) groups excluding carboxylic acids is 1. The van der Waals surface area contributed by atoms with Gasteiger partial charge in [-0.1, -0.05) is 54.1 Å². The summed E-state index contributed by atoms with van der Waals surface area (Å²) in [6.45, 7) is 6.24. The summed E-state index contributed by atoms with van der Waals surface area (Å²) in [5.41, 5.74) is 7.67. The number of fused-ring (bicyclic) bond motifs is 1. The Balaban J connectivity index is 2.01. The lowest BCUT2D eigenvalue weighted by molar-refractivity contribution is 0.103. The summed E-state index contributed by atoms with van der Waals surface area (Å²) in [5, 5.41) is 0. The van der Waals surface area contributed by atoms with Crippen molar-refractivity contribution < 1.29 is 4.79 Å². The smallest absolute Gasteiger partial charge is 0.189 e. The van der Waals surface area contributed by atoms with Crippen LogP contribution in [-0.2, 0) is 6.42 Å². The van der Waals surface area contributed by atoms with E-state index in [-0.39, 0.29) is 5.78 Å². The Hall–Kier alpha value is -2.41. The molecule has 3 rings (SSSR count). The highest BCUT2D eigenvalue weighted by Crippen LogP contribution is 2.30. The molecule has 1 aliphatic rings. The van der Waals surface area contributed by atoms with Crippen LogP contribution in [-0.4, -0.2) is 5.78 Å². The second-order valence-electron chi connectivity index (χ2n) is 5.90. The average molecular weight is 288 g/mol. The van der Waals surface area contributed by atoms with Crippen molar-refractivity contribution in [1.82, 2.24) is 0 Å². The summed E-state index contributed by atoms with van der Waals surface area (Å²) >= 11 is 0. The number of aryl methyl sites for hydroxylation is 2. The molecule has 110 valence electrons. The normalized spacial score (nSPS) is 16.2. The first-order valence-electron chi connectivity index (χ1n) is 7.67. The highest BCUT2D eigenvalue weighted by atomic mass is 16.1. The molecular weight excluding hydrogens is 268 g/mol. The van der Waals surface area contributed by atoms with Gasteiger partial charge >= 0.3 is 0 Å². The summed E-state index contributed by atoms with van der Waals surface area (Å²) in [4.78, 5) is 12.5. The van der Waals surface area contributed by atoms with Gasteiger partial charge in [0.2, 0.25) is 0 Å². The molecule has 2 aromatic carbocycles. The SMILES string of the molecule is C/C=C(\C=C1/Cc2ccccc2C1=O)c1cc(C)ccc1C. The van der Waals surface area contributed by atoms with Gasteiger partial charge in [0.25, 0.3) is 0 Å². The van der Waals surface area contributed by atoms with Gasteiger partial charge in [0, 0.05) is 17.6 Å². The molecule has 0 radical (unpaired) electrons. The van der Waals surface area contributed by atoms with E-state index in [4.69, 9.17) is 0 Å². The van der Waals surface area contributed by atoms with Crippen molar-refractivity contribution in [3.05, 3.63) is 88.0 Å². The van der Waals surface area contributed by atoms with Crippen LogP contribution in [0.25, 0.3) is 5.57 Å². The highest BCUT2D eigenvalue weighted by Gasteiger charge is 2.24. The molecule has 2 aromatic rings. The largest absolute Gasteiger partial charge is 0.289 e. The molecule has 0 heterocycles. The zero-order valence-electron chi connectivity index (χ0n) is 13.3. The molecule has 0 atom stereocenters. The highest BCUT2D eigenvalue weighted by molar-refractivity contribution is 6.14. The number of Topliss-reactive ketones (excluding diaryl/α,β-unsaturated/α-hetero) is 1. The standard InChI is InChI=1S/C21H20O/c1-4-16(20-11-14(2)9-10-15(20)3)12-18-13-17-7-5-6-8-19(17)21(18)22/h4-12H,13H2,1-3H3/b16-4+,18-12+. The van der Waals surface area contributed by atoms with Crippen LogP contribution in [0.3, 0.4) is 0 Å². The third-order valence-electron chi connectivity index (χ3n) is 4.28. The molecule has 0 saturated heterocycles. The number of ketones is 1. The lowest BCUT2D eigenvalue weighted by Crippen LogP contribution is -1.97. The third kappa shape index (κ3) is 2.55. The van der Waals surface area contributed by atoms with E-state index in [1.165, 1.54) is 16.7 Å². The van der Waals surface area contributed by atoms with E-state index in [9.17, 15) is 4.79 Å². The van der Waals surface area contributed by atoms with E-state index in [1.807, 2.05) is 31.2 Å². The van der Waals surface area contributed by atoms with E-state index >= 15 is 0 Å². The number of rotatable bonds is 2. The van der Waals surface area contributed by atoms with Crippen molar-refractivity contribution in [3.63, 3.8) is 0 Å². The Bertz CT molecular complexity index is 806. The van der Waals surface area contributed by atoms with Gasteiger partial charge in [-0.15, -0.1) is 0 Å². The fraction of sp³-hybridized carbons (Fsp3) is 0.190. The summed E-state index contributed by atoms with van der Waals surface area (Å²) in [5.74, 6) is 0.167. The van der Waals surface area contributed by atoms with Gasteiger partial charge in [-0.3, -0.25) is 4.79 Å². The maximum absolute atomic E-state index is 12.5. The molecule has 1 heteroatoms. The van der Waals surface area contributed by atoms with Gasteiger partial charge in [-0.2, -0.15) is 0 Å². The minimum Gasteiger partial charge on any atom is -0.289 e. The van der Waals surface area contributed by atoms with Crippen LogP contribution in [0.5, 0.6) is 0 Å². The van der Waals surface area contributed by atoms with E-state index in [1.54, 1.807) is 0 Å². The number of hydrogen-bond acceptors (Lipinski definition) is 1.